The van der Waals surface area contributed by atoms with E-state index in [0.29, 0.717) is 23.8 Å². The summed E-state index contributed by atoms with van der Waals surface area (Å²) in [5.41, 5.74) is 3.29. The third kappa shape index (κ3) is 9.35. The van der Waals surface area contributed by atoms with Gasteiger partial charge in [0.15, 0.2) is 6.23 Å². The van der Waals surface area contributed by atoms with E-state index >= 15 is 0 Å². The maximum Gasteiger partial charge on any atom is 0.407 e. The number of carbonyl (C=O) groups is 1. The van der Waals surface area contributed by atoms with Gasteiger partial charge in [-0.05, 0) is 74.1 Å². The van der Waals surface area contributed by atoms with Crippen molar-refractivity contribution in [1.82, 2.24) is 10.0 Å². The van der Waals surface area contributed by atoms with E-state index in [4.69, 9.17) is 21.1 Å². The molecule has 2 N–H and O–H groups in total. The summed E-state index contributed by atoms with van der Waals surface area (Å²) >= 11 is 6.19. The Bertz CT molecular complexity index is 1100. The molecule has 4 rings (SSSR count). The Labute approximate surface area is 213 Å². The third-order valence-electron chi connectivity index (χ3n) is 5.70. The van der Waals surface area contributed by atoms with Gasteiger partial charge < -0.3 is 14.8 Å². The average Bonchev–Trinajstić information content (AvgIpc) is 3.64. The number of hydrogen-bond acceptors (Lipinski definition) is 5. The summed E-state index contributed by atoms with van der Waals surface area (Å²) < 4.78 is 36.3. The van der Waals surface area contributed by atoms with E-state index < -0.39 is 22.3 Å². The zero-order chi connectivity index (χ0) is 25.4. The Hall–Kier alpha value is -2.29. The van der Waals surface area contributed by atoms with Crippen LogP contribution in [0.15, 0.2) is 42.5 Å². The molecule has 0 spiro atoms. The highest BCUT2D eigenvalue weighted by Gasteiger charge is 2.32. The van der Waals surface area contributed by atoms with Crippen LogP contribution in [0.5, 0.6) is 5.75 Å². The molecule has 0 aromatic heterocycles. The lowest BCUT2D eigenvalue weighted by atomic mass is 9.76. The summed E-state index contributed by atoms with van der Waals surface area (Å²) in [5, 5.41) is 3.67. The van der Waals surface area contributed by atoms with Crippen LogP contribution >= 0.6 is 11.6 Å². The number of rotatable bonds is 8. The van der Waals surface area contributed by atoms with Gasteiger partial charge >= 0.3 is 6.09 Å². The minimum atomic E-state index is -3.39. The molecular weight excluding hydrogens is 488 g/mol. The number of nitrogens with one attached hydrogen (secondary N) is 2. The van der Waals surface area contributed by atoms with E-state index in [0.717, 1.165) is 30.2 Å². The molecule has 0 bridgehead atoms. The summed E-state index contributed by atoms with van der Waals surface area (Å²) in [6.45, 7) is 3.71. The zero-order valence-corrected chi connectivity index (χ0v) is 22.1. The Morgan fingerprint density at radius 3 is 2.54 bits per heavy atom. The molecule has 0 saturated heterocycles. The van der Waals surface area contributed by atoms with Crippen LogP contribution in [-0.2, 0) is 27.6 Å². The second-order valence-electron chi connectivity index (χ2n) is 9.02. The van der Waals surface area contributed by atoms with Gasteiger partial charge in [0, 0.05) is 17.0 Å². The number of fused-ring (bicyclic) bond motifs is 1. The van der Waals surface area contributed by atoms with Crippen molar-refractivity contribution in [2.24, 2.45) is 0 Å². The molecule has 3 unspecified atom stereocenters. The van der Waals surface area contributed by atoms with Crippen molar-refractivity contribution in [3.8, 4) is 5.75 Å². The highest BCUT2D eigenvalue weighted by atomic mass is 35.5. The SMILES string of the molecule is C1CC1.CCOC(=O)NC1CCc2ccc(OC(C)NS(C)(=O)=O)cc2C1Cc1cccc(Cl)c1. The van der Waals surface area contributed by atoms with Gasteiger partial charge in [-0.2, -0.15) is 4.72 Å². The number of halogens is 1. The van der Waals surface area contributed by atoms with Crippen molar-refractivity contribution in [3.63, 3.8) is 0 Å². The minimum absolute atomic E-state index is 0.0247. The minimum Gasteiger partial charge on any atom is -0.475 e. The molecule has 9 heteroatoms. The van der Waals surface area contributed by atoms with Crippen LogP contribution in [0.2, 0.25) is 5.02 Å². The molecule has 0 radical (unpaired) electrons. The lowest BCUT2D eigenvalue weighted by molar-refractivity contribution is 0.144. The number of ether oxygens (including phenoxy) is 2. The van der Waals surface area contributed by atoms with Crippen LogP contribution < -0.4 is 14.8 Å². The lowest BCUT2D eigenvalue weighted by Gasteiger charge is -2.34. The van der Waals surface area contributed by atoms with Crippen molar-refractivity contribution in [2.45, 2.75) is 70.6 Å². The van der Waals surface area contributed by atoms with Gasteiger partial charge in [0.2, 0.25) is 10.0 Å². The number of carbonyl (C=O) groups excluding carboxylic acids is 1. The Morgan fingerprint density at radius 2 is 1.91 bits per heavy atom. The van der Waals surface area contributed by atoms with Crippen molar-refractivity contribution < 1.29 is 22.7 Å². The van der Waals surface area contributed by atoms with E-state index in [9.17, 15) is 13.2 Å². The number of sulfonamides is 1. The molecular formula is C26H35ClN2O5S. The summed E-state index contributed by atoms with van der Waals surface area (Å²) in [4.78, 5) is 12.2. The monoisotopic (exact) mass is 522 g/mol. The Kier molecular flexibility index (Phi) is 9.83. The predicted molar refractivity (Wildman–Crippen MR) is 139 cm³/mol. The number of aryl methyl sites for hydroxylation is 1. The standard InChI is InChI=1S/C23H29ClN2O5S.C3H6/c1-4-30-23(27)25-22-11-9-17-8-10-19(31-15(2)26-32(3,28)29)14-20(17)21(22)13-16-6-5-7-18(24)12-16;1-2-3-1/h5-8,10,12,14-15,21-22,26H,4,9,11,13H2,1-3H3,(H,25,27);1-3H2. The number of amides is 1. The van der Waals surface area contributed by atoms with Gasteiger partial charge in [-0.25, -0.2) is 13.2 Å². The van der Waals surface area contributed by atoms with Gasteiger partial charge in [-0.1, -0.05) is 49.1 Å². The van der Waals surface area contributed by atoms with Gasteiger partial charge in [-0.3, -0.25) is 0 Å². The molecule has 0 aliphatic heterocycles. The number of hydrogen-bond donors (Lipinski definition) is 2. The maximum absolute atomic E-state index is 12.2. The quantitative estimate of drug-likeness (QED) is 0.466. The first-order valence-electron chi connectivity index (χ1n) is 12.1. The zero-order valence-electron chi connectivity index (χ0n) is 20.6. The van der Waals surface area contributed by atoms with E-state index in [1.165, 1.54) is 24.8 Å². The second-order valence-corrected chi connectivity index (χ2v) is 11.2. The fraction of sp³-hybridized carbons (Fsp3) is 0.500. The Morgan fingerprint density at radius 1 is 1.17 bits per heavy atom. The Balaban J connectivity index is 0.00000106. The largest absolute Gasteiger partial charge is 0.475 e. The molecule has 192 valence electrons. The summed E-state index contributed by atoms with van der Waals surface area (Å²) in [6, 6.07) is 13.3. The fourth-order valence-electron chi connectivity index (χ4n) is 4.14. The van der Waals surface area contributed by atoms with E-state index in [1.54, 1.807) is 13.8 Å². The molecule has 2 aliphatic rings. The molecule has 3 atom stereocenters. The highest BCUT2D eigenvalue weighted by molar-refractivity contribution is 7.88. The summed E-state index contributed by atoms with van der Waals surface area (Å²) in [5.74, 6) is 0.531. The fourth-order valence-corrected chi connectivity index (χ4v) is 5.01. The molecule has 2 aromatic carbocycles. The lowest BCUT2D eigenvalue weighted by Crippen LogP contribution is -2.43. The molecule has 1 fully saturated rings. The van der Waals surface area contributed by atoms with Crippen LogP contribution in [0.25, 0.3) is 0 Å². The normalized spacial score (nSPS) is 19.4. The molecule has 1 amide bonds. The second kappa shape index (κ2) is 12.6. The van der Waals surface area contributed by atoms with E-state index in [1.807, 2.05) is 42.5 Å². The van der Waals surface area contributed by atoms with Gasteiger partial charge in [0.05, 0.1) is 12.9 Å². The van der Waals surface area contributed by atoms with Crippen molar-refractivity contribution >= 4 is 27.7 Å². The topological polar surface area (TPSA) is 93.7 Å². The van der Waals surface area contributed by atoms with Gasteiger partial charge in [-0.15, -0.1) is 0 Å². The number of alkyl carbamates (subject to hydrolysis) is 1. The molecule has 0 heterocycles. The maximum atomic E-state index is 12.2. The average molecular weight is 523 g/mol. The molecule has 2 aliphatic carbocycles. The van der Waals surface area contributed by atoms with Crippen LogP contribution in [-0.4, -0.2) is 39.6 Å². The first-order valence-corrected chi connectivity index (χ1v) is 14.4. The summed E-state index contributed by atoms with van der Waals surface area (Å²) in [6.07, 6.45) is 6.69. The van der Waals surface area contributed by atoms with Crippen LogP contribution in [0.4, 0.5) is 4.79 Å². The summed E-state index contributed by atoms with van der Waals surface area (Å²) in [7, 11) is -3.39. The smallest absolute Gasteiger partial charge is 0.407 e. The molecule has 1 saturated carbocycles. The third-order valence-corrected chi connectivity index (χ3v) is 6.69. The van der Waals surface area contributed by atoms with Crippen LogP contribution in [0, 0.1) is 0 Å². The molecule has 35 heavy (non-hydrogen) atoms. The van der Waals surface area contributed by atoms with Gasteiger partial charge in [0.25, 0.3) is 0 Å². The molecule has 2 aromatic rings. The number of benzene rings is 2. The van der Waals surface area contributed by atoms with Crippen LogP contribution in [0.1, 0.15) is 62.1 Å². The van der Waals surface area contributed by atoms with Crippen molar-refractivity contribution in [2.75, 3.05) is 12.9 Å². The predicted octanol–water partition coefficient (Wildman–Crippen LogP) is 5.17. The van der Waals surface area contributed by atoms with Crippen molar-refractivity contribution in [3.05, 3.63) is 64.2 Å². The van der Waals surface area contributed by atoms with Crippen LogP contribution in [0.3, 0.4) is 0 Å². The van der Waals surface area contributed by atoms with E-state index in [-0.39, 0.29) is 12.0 Å². The van der Waals surface area contributed by atoms with Crippen molar-refractivity contribution in [1.29, 1.82) is 0 Å². The first-order chi connectivity index (χ1) is 16.6. The molecule has 7 nitrogen and oxygen atoms in total. The first kappa shape index (κ1) is 27.3. The van der Waals surface area contributed by atoms with E-state index in [2.05, 4.69) is 10.0 Å². The highest BCUT2D eigenvalue weighted by Crippen LogP contribution is 2.37. The van der Waals surface area contributed by atoms with Gasteiger partial charge in [0.1, 0.15) is 5.75 Å².